The van der Waals surface area contributed by atoms with Crippen molar-refractivity contribution in [3.05, 3.63) is 29.8 Å². The summed E-state index contributed by atoms with van der Waals surface area (Å²) in [5.74, 6) is -1.33. The Labute approximate surface area is 118 Å². The van der Waals surface area contributed by atoms with Gasteiger partial charge in [0.15, 0.2) is 5.75 Å². The molecule has 6 nitrogen and oxygen atoms in total. The zero-order valence-corrected chi connectivity index (χ0v) is 12.1. The number of ether oxygens (including phenoxy) is 1. The number of carbonyl (C=O) groups excluding carboxylic acids is 1. The number of hydrogen-bond acceptors (Lipinski definition) is 5. The van der Waals surface area contributed by atoms with Crippen molar-refractivity contribution in [3.63, 3.8) is 0 Å². The zero-order chi connectivity index (χ0) is 14.8. The first-order valence-electron chi connectivity index (χ1n) is 6.36. The summed E-state index contributed by atoms with van der Waals surface area (Å²) in [6.45, 7) is 0.819. The number of sulfonamides is 1. The quantitative estimate of drug-likeness (QED) is 0.797. The van der Waals surface area contributed by atoms with Crippen LogP contribution in [0, 0.1) is 0 Å². The second kappa shape index (κ2) is 5.80. The Kier molecular flexibility index (Phi) is 4.29. The summed E-state index contributed by atoms with van der Waals surface area (Å²) < 4.78 is 30.4. The highest BCUT2D eigenvalue weighted by Gasteiger charge is 2.36. The van der Waals surface area contributed by atoms with E-state index in [1.807, 2.05) is 12.1 Å². The molecule has 1 aliphatic heterocycles. The summed E-state index contributed by atoms with van der Waals surface area (Å²) in [7, 11) is -2.54. The van der Waals surface area contributed by atoms with Gasteiger partial charge in [0.05, 0.1) is 12.8 Å². The predicted octanol–water partition coefficient (Wildman–Crippen LogP) is 0.442. The lowest BCUT2D eigenvalue weighted by molar-refractivity contribution is -0.137. The van der Waals surface area contributed by atoms with Crippen LogP contribution in [0.15, 0.2) is 24.3 Å². The average Bonchev–Trinajstić information content (AvgIpc) is 2.79. The maximum Gasteiger partial charge on any atom is 0.322 e. The molecule has 7 heteroatoms. The molecule has 1 aliphatic rings. The number of hydrogen-bond donors (Lipinski definition) is 1. The molecule has 0 saturated carbocycles. The van der Waals surface area contributed by atoms with Crippen LogP contribution in [0.25, 0.3) is 0 Å². The van der Waals surface area contributed by atoms with Gasteiger partial charge in [-0.25, -0.2) is 8.42 Å². The number of methoxy groups -OCH3 is 1. The number of nitrogens with two attached hydrogens (primary N) is 1. The molecular weight excluding hydrogens is 280 g/mol. The maximum absolute atomic E-state index is 12.3. The first kappa shape index (κ1) is 14.8. The van der Waals surface area contributed by atoms with Crippen LogP contribution in [0.2, 0.25) is 0 Å². The van der Waals surface area contributed by atoms with Crippen molar-refractivity contribution in [3.8, 4) is 0 Å². The van der Waals surface area contributed by atoms with Crippen molar-refractivity contribution in [2.75, 3.05) is 30.3 Å². The van der Waals surface area contributed by atoms with E-state index in [0.717, 1.165) is 5.56 Å². The minimum absolute atomic E-state index is 0.0728. The van der Waals surface area contributed by atoms with Gasteiger partial charge in [0.2, 0.25) is 10.0 Å². The van der Waals surface area contributed by atoms with Gasteiger partial charge >= 0.3 is 5.97 Å². The number of nitrogens with zero attached hydrogens (tertiary/aromatic N) is 1. The number of benzene rings is 1. The van der Waals surface area contributed by atoms with Crippen LogP contribution in [-0.4, -0.2) is 40.3 Å². The predicted molar refractivity (Wildman–Crippen MR) is 76.0 cm³/mol. The molecule has 0 fully saturated rings. The smallest absolute Gasteiger partial charge is 0.322 e. The molecule has 0 aromatic heterocycles. The SMILES string of the molecule is COC(=O)CS(=O)(=O)N1CC(CCN)c2ccccc21. The van der Waals surface area contributed by atoms with Gasteiger partial charge < -0.3 is 10.5 Å². The van der Waals surface area contributed by atoms with Crippen molar-refractivity contribution < 1.29 is 17.9 Å². The Balaban J connectivity index is 2.33. The zero-order valence-electron chi connectivity index (χ0n) is 11.3. The number of carbonyl (C=O) groups is 1. The Morgan fingerprint density at radius 2 is 2.15 bits per heavy atom. The molecule has 0 amide bonds. The fraction of sp³-hybridized carbons (Fsp3) is 0.462. The highest BCUT2D eigenvalue weighted by atomic mass is 32.2. The molecule has 1 aromatic carbocycles. The summed E-state index contributed by atoms with van der Waals surface area (Å²) in [6.07, 6.45) is 0.710. The molecule has 1 aromatic rings. The van der Waals surface area contributed by atoms with Crippen LogP contribution in [0.4, 0.5) is 5.69 Å². The fourth-order valence-corrected chi connectivity index (χ4v) is 3.90. The van der Waals surface area contributed by atoms with E-state index in [0.29, 0.717) is 25.2 Å². The molecule has 1 unspecified atom stereocenters. The highest BCUT2D eigenvalue weighted by Crippen LogP contribution is 2.39. The highest BCUT2D eigenvalue weighted by molar-refractivity contribution is 7.93. The van der Waals surface area contributed by atoms with Gasteiger partial charge in [0, 0.05) is 12.5 Å². The summed E-state index contributed by atoms with van der Waals surface area (Å²) in [5.41, 5.74) is 7.18. The number of para-hydroxylation sites is 1. The van der Waals surface area contributed by atoms with Gasteiger partial charge in [-0.1, -0.05) is 18.2 Å². The molecule has 1 atom stereocenters. The monoisotopic (exact) mass is 298 g/mol. The van der Waals surface area contributed by atoms with Crippen LogP contribution in [0.5, 0.6) is 0 Å². The molecule has 0 bridgehead atoms. The van der Waals surface area contributed by atoms with Crippen molar-refractivity contribution >= 4 is 21.7 Å². The van der Waals surface area contributed by atoms with Gasteiger partial charge in [0.1, 0.15) is 0 Å². The summed E-state index contributed by atoms with van der Waals surface area (Å²) in [6, 6.07) is 7.31. The number of fused-ring (bicyclic) bond motifs is 1. The minimum Gasteiger partial charge on any atom is -0.468 e. The van der Waals surface area contributed by atoms with E-state index in [1.54, 1.807) is 12.1 Å². The standard InChI is InChI=1S/C13H18N2O4S/c1-19-13(16)9-20(17,18)15-8-10(6-7-14)11-4-2-3-5-12(11)15/h2-5,10H,6-9,14H2,1H3. The fourth-order valence-electron chi connectivity index (χ4n) is 2.45. The number of esters is 1. The molecule has 20 heavy (non-hydrogen) atoms. The molecular formula is C13H18N2O4S. The molecule has 1 heterocycles. The van der Waals surface area contributed by atoms with Gasteiger partial charge in [-0.15, -0.1) is 0 Å². The second-order valence-electron chi connectivity index (χ2n) is 4.70. The van der Waals surface area contributed by atoms with Gasteiger partial charge in [-0.2, -0.15) is 0 Å². The molecule has 0 aliphatic carbocycles. The molecule has 0 spiro atoms. The second-order valence-corrected chi connectivity index (χ2v) is 6.59. The third kappa shape index (κ3) is 2.78. The van der Waals surface area contributed by atoms with Crippen molar-refractivity contribution in [2.24, 2.45) is 5.73 Å². The lowest BCUT2D eigenvalue weighted by Crippen LogP contribution is -2.35. The first-order chi connectivity index (χ1) is 9.49. The molecule has 110 valence electrons. The number of anilines is 1. The molecule has 2 N–H and O–H groups in total. The summed E-state index contributed by atoms with van der Waals surface area (Å²) in [5, 5.41) is 0. The van der Waals surface area contributed by atoms with Crippen molar-refractivity contribution in [1.29, 1.82) is 0 Å². The lowest BCUT2D eigenvalue weighted by atomic mass is 9.98. The van der Waals surface area contributed by atoms with Gasteiger partial charge in [-0.05, 0) is 24.6 Å². The lowest BCUT2D eigenvalue weighted by Gasteiger charge is -2.19. The van der Waals surface area contributed by atoms with E-state index in [1.165, 1.54) is 11.4 Å². The van der Waals surface area contributed by atoms with E-state index in [2.05, 4.69) is 4.74 Å². The van der Waals surface area contributed by atoms with Crippen molar-refractivity contribution in [2.45, 2.75) is 12.3 Å². The topological polar surface area (TPSA) is 89.7 Å². The molecule has 0 radical (unpaired) electrons. The maximum atomic E-state index is 12.3. The van der Waals surface area contributed by atoms with Crippen LogP contribution in [0.1, 0.15) is 17.9 Å². The van der Waals surface area contributed by atoms with Gasteiger partial charge in [0.25, 0.3) is 0 Å². The van der Waals surface area contributed by atoms with E-state index in [4.69, 9.17) is 5.73 Å². The first-order valence-corrected chi connectivity index (χ1v) is 7.96. The van der Waals surface area contributed by atoms with E-state index >= 15 is 0 Å². The Morgan fingerprint density at radius 3 is 2.80 bits per heavy atom. The van der Waals surface area contributed by atoms with E-state index < -0.39 is 21.7 Å². The van der Waals surface area contributed by atoms with E-state index in [-0.39, 0.29) is 5.92 Å². The van der Waals surface area contributed by atoms with Crippen LogP contribution < -0.4 is 10.0 Å². The van der Waals surface area contributed by atoms with Gasteiger partial charge in [-0.3, -0.25) is 9.10 Å². The molecule has 0 saturated heterocycles. The van der Waals surface area contributed by atoms with Crippen LogP contribution >= 0.6 is 0 Å². The Hall–Kier alpha value is -1.60. The van der Waals surface area contributed by atoms with E-state index in [9.17, 15) is 13.2 Å². The minimum atomic E-state index is -3.72. The van der Waals surface area contributed by atoms with Crippen LogP contribution in [0.3, 0.4) is 0 Å². The third-order valence-corrected chi connectivity index (χ3v) is 5.03. The Bertz CT molecular complexity index is 600. The Morgan fingerprint density at radius 1 is 1.45 bits per heavy atom. The average molecular weight is 298 g/mol. The normalized spacial score (nSPS) is 17.9. The largest absolute Gasteiger partial charge is 0.468 e. The van der Waals surface area contributed by atoms with Crippen molar-refractivity contribution in [1.82, 2.24) is 0 Å². The number of rotatable bonds is 5. The molecule has 2 rings (SSSR count). The summed E-state index contributed by atoms with van der Waals surface area (Å²) in [4.78, 5) is 11.3. The summed E-state index contributed by atoms with van der Waals surface area (Å²) >= 11 is 0. The van der Waals surface area contributed by atoms with Crippen LogP contribution in [-0.2, 0) is 19.6 Å². The third-order valence-electron chi connectivity index (χ3n) is 3.41.